The van der Waals surface area contributed by atoms with E-state index in [1.165, 1.54) is 35.3 Å². The lowest BCUT2D eigenvalue weighted by molar-refractivity contribution is 0.482. The maximum Gasteiger partial charge on any atom is 0.0388 e. The second-order valence-corrected chi connectivity index (χ2v) is 8.77. The van der Waals surface area contributed by atoms with E-state index in [0.717, 1.165) is 24.5 Å². The van der Waals surface area contributed by atoms with E-state index >= 15 is 0 Å². The van der Waals surface area contributed by atoms with E-state index in [0.29, 0.717) is 0 Å². The summed E-state index contributed by atoms with van der Waals surface area (Å²) in [4.78, 5) is 0. The molecule has 0 radical (unpaired) electrons. The highest BCUT2D eigenvalue weighted by molar-refractivity contribution is 5.71. The summed E-state index contributed by atoms with van der Waals surface area (Å²) in [6, 6.07) is 13.4. The summed E-state index contributed by atoms with van der Waals surface area (Å²) in [5, 5.41) is 10.7. The molecule has 0 aromatic heterocycles. The molecule has 0 aliphatic carbocycles. The largest absolute Gasteiger partial charge is 0.385 e. The third-order valence-electron chi connectivity index (χ3n) is 5.92. The molecule has 0 atom stereocenters. The molecule has 3 heteroatoms. The fourth-order valence-corrected chi connectivity index (χ4v) is 4.13. The normalized spacial score (nSPS) is 19.8. The summed E-state index contributed by atoms with van der Waals surface area (Å²) in [5.74, 6) is 0. The highest BCUT2D eigenvalue weighted by Crippen LogP contribution is 2.40. The van der Waals surface area contributed by atoms with Gasteiger partial charge in [0.2, 0.25) is 0 Å². The molecule has 2 aromatic rings. The van der Waals surface area contributed by atoms with Crippen molar-refractivity contribution in [3.05, 3.63) is 47.5 Å². The van der Waals surface area contributed by atoms with Crippen LogP contribution < -0.4 is 16.0 Å². The third kappa shape index (κ3) is 2.97. The average Bonchev–Trinajstić information content (AvgIpc) is 2.56. The predicted molar refractivity (Wildman–Crippen MR) is 108 cm³/mol. The van der Waals surface area contributed by atoms with Crippen molar-refractivity contribution >= 4 is 22.7 Å². The highest BCUT2D eigenvalue weighted by atomic mass is 14.9. The smallest absolute Gasteiger partial charge is 0.0388 e. The zero-order chi connectivity index (χ0) is 17.7. The molecule has 2 heterocycles. The summed E-state index contributed by atoms with van der Waals surface area (Å²) in [6.07, 6.45) is 2.34. The molecule has 25 heavy (non-hydrogen) atoms. The number of anilines is 4. The Labute approximate surface area is 151 Å². The van der Waals surface area contributed by atoms with Gasteiger partial charge < -0.3 is 16.0 Å². The van der Waals surface area contributed by atoms with Gasteiger partial charge in [-0.15, -0.1) is 0 Å². The van der Waals surface area contributed by atoms with Crippen LogP contribution in [-0.2, 0) is 10.8 Å². The Morgan fingerprint density at radius 1 is 0.720 bits per heavy atom. The fourth-order valence-electron chi connectivity index (χ4n) is 4.13. The Morgan fingerprint density at radius 2 is 1.16 bits per heavy atom. The number of hydrogen-bond donors (Lipinski definition) is 3. The molecule has 2 aliphatic heterocycles. The van der Waals surface area contributed by atoms with E-state index in [1.54, 1.807) is 0 Å². The first-order valence-corrected chi connectivity index (χ1v) is 9.39. The van der Waals surface area contributed by atoms with Gasteiger partial charge in [0.1, 0.15) is 0 Å². The van der Waals surface area contributed by atoms with E-state index < -0.39 is 0 Å². The first-order chi connectivity index (χ1) is 11.9. The Morgan fingerprint density at radius 3 is 1.60 bits per heavy atom. The topological polar surface area (TPSA) is 36.1 Å². The standard InChI is InChI=1S/C22H29N3/c1-21(2)9-11-23-19-7-5-15(13-17(19)21)25-16-6-8-20-18(14-16)22(3,4)10-12-24-20/h5-8,13-14,23-25H,9-12H2,1-4H3. The lowest BCUT2D eigenvalue weighted by atomic mass is 9.78. The molecule has 2 aromatic carbocycles. The van der Waals surface area contributed by atoms with Gasteiger partial charge in [0.15, 0.2) is 0 Å². The number of hydrogen-bond acceptors (Lipinski definition) is 3. The minimum atomic E-state index is 0.222. The van der Waals surface area contributed by atoms with Crippen LogP contribution in [0.2, 0.25) is 0 Å². The van der Waals surface area contributed by atoms with Gasteiger partial charge in [0, 0.05) is 35.8 Å². The second-order valence-electron chi connectivity index (χ2n) is 8.77. The summed E-state index contributed by atoms with van der Waals surface area (Å²) in [5.41, 5.74) is 8.14. The minimum Gasteiger partial charge on any atom is -0.385 e. The van der Waals surface area contributed by atoms with E-state index in [-0.39, 0.29) is 10.8 Å². The molecule has 3 nitrogen and oxygen atoms in total. The van der Waals surface area contributed by atoms with Crippen LogP contribution >= 0.6 is 0 Å². The van der Waals surface area contributed by atoms with Crippen molar-refractivity contribution in [2.45, 2.75) is 51.4 Å². The van der Waals surface area contributed by atoms with Crippen molar-refractivity contribution in [2.75, 3.05) is 29.0 Å². The number of nitrogens with one attached hydrogen (secondary N) is 3. The van der Waals surface area contributed by atoms with Gasteiger partial charge >= 0.3 is 0 Å². The zero-order valence-electron chi connectivity index (χ0n) is 15.8. The molecule has 0 fully saturated rings. The Hall–Kier alpha value is -2.16. The maximum atomic E-state index is 3.62. The quantitative estimate of drug-likeness (QED) is 0.667. The van der Waals surface area contributed by atoms with Gasteiger partial charge in [-0.25, -0.2) is 0 Å². The number of fused-ring (bicyclic) bond motifs is 2. The Bertz CT molecular complexity index is 737. The van der Waals surface area contributed by atoms with Crippen LogP contribution in [0.3, 0.4) is 0 Å². The van der Waals surface area contributed by atoms with Gasteiger partial charge in [-0.3, -0.25) is 0 Å². The van der Waals surface area contributed by atoms with E-state index in [4.69, 9.17) is 0 Å². The van der Waals surface area contributed by atoms with Crippen molar-refractivity contribution in [3.63, 3.8) is 0 Å². The van der Waals surface area contributed by atoms with Crippen molar-refractivity contribution in [1.82, 2.24) is 0 Å². The highest BCUT2D eigenvalue weighted by Gasteiger charge is 2.28. The van der Waals surface area contributed by atoms with Crippen molar-refractivity contribution < 1.29 is 0 Å². The monoisotopic (exact) mass is 335 g/mol. The van der Waals surface area contributed by atoms with Crippen LogP contribution in [-0.4, -0.2) is 13.1 Å². The summed E-state index contributed by atoms with van der Waals surface area (Å²) < 4.78 is 0. The average molecular weight is 335 g/mol. The number of rotatable bonds is 2. The van der Waals surface area contributed by atoms with Gasteiger partial charge in [-0.2, -0.15) is 0 Å². The lowest BCUT2D eigenvalue weighted by Gasteiger charge is -2.34. The summed E-state index contributed by atoms with van der Waals surface area (Å²) >= 11 is 0. The molecule has 0 saturated carbocycles. The molecular weight excluding hydrogens is 306 g/mol. The molecule has 4 rings (SSSR count). The predicted octanol–water partition coefficient (Wildman–Crippen LogP) is 5.62. The summed E-state index contributed by atoms with van der Waals surface area (Å²) in [7, 11) is 0. The molecule has 3 N–H and O–H groups in total. The van der Waals surface area contributed by atoms with E-state index in [9.17, 15) is 0 Å². The van der Waals surface area contributed by atoms with Crippen molar-refractivity contribution in [1.29, 1.82) is 0 Å². The molecule has 0 unspecified atom stereocenters. The van der Waals surface area contributed by atoms with Crippen LogP contribution in [0.25, 0.3) is 0 Å². The molecule has 0 saturated heterocycles. The maximum absolute atomic E-state index is 3.62. The lowest BCUT2D eigenvalue weighted by Crippen LogP contribution is -2.28. The minimum absolute atomic E-state index is 0.222. The molecular formula is C22H29N3. The molecule has 0 bridgehead atoms. The van der Waals surface area contributed by atoms with E-state index in [2.05, 4.69) is 80.0 Å². The van der Waals surface area contributed by atoms with Crippen LogP contribution in [0.15, 0.2) is 36.4 Å². The zero-order valence-corrected chi connectivity index (χ0v) is 15.8. The van der Waals surface area contributed by atoms with Gasteiger partial charge in [-0.05, 0) is 71.2 Å². The third-order valence-corrected chi connectivity index (χ3v) is 5.92. The molecule has 2 aliphatic rings. The molecule has 0 spiro atoms. The van der Waals surface area contributed by atoms with Gasteiger partial charge in [-0.1, -0.05) is 27.7 Å². The van der Waals surface area contributed by atoms with E-state index in [1.807, 2.05) is 0 Å². The van der Waals surface area contributed by atoms with Crippen LogP contribution in [0.1, 0.15) is 51.7 Å². The van der Waals surface area contributed by atoms with Crippen LogP contribution in [0.4, 0.5) is 22.7 Å². The first kappa shape index (κ1) is 16.3. The van der Waals surface area contributed by atoms with Crippen molar-refractivity contribution in [3.8, 4) is 0 Å². The van der Waals surface area contributed by atoms with Gasteiger partial charge in [0.05, 0.1) is 0 Å². The Balaban J connectivity index is 1.65. The van der Waals surface area contributed by atoms with Crippen LogP contribution in [0.5, 0.6) is 0 Å². The summed E-state index contributed by atoms with van der Waals surface area (Å²) in [6.45, 7) is 11.5. The van der Waals surface area contributed by atoms with Crippen molar-refractivity contribution in [2.24, 2.45) is 0 Å². The Kier molecular flexibility index (Phi) is 3.71. The second kappa shape index (κ2) is 5.69. The molecule has 0 amide bonds. The van der Waals surface area contributed by atoms with Gasteiger partial charge in [0.25, 0.3) is 0 Å². The first-order valence-electron chi connectivity index (χ1n) is 9.39. The number of benzene rings is 2. The van der Waals surface area contributed by atoms with Crippen LogP contribution in [0, 0.1) is 0 Å². The molecule has 132 valence electrons. The SMILES string of the molecule is CC1(C)CCNc2ccc(Nc3ccc4c(c3)C(C)(C)CCN4)cc21. The fraction of sp³-hybridized carbons (Fsp3) is 0.455.